The predicted octanol–water partition coefficient (Wildman–Crippen LogP) is 5.30. The van der Waals surface area contributed by atoms with E-state index in [1.54, 1.807) is 46.7 Å². The van der Waals surface area contributed by atoms with E-state index in [9.17, 15) is 4.79 Å². The average Bonchev–Trinajstić information content (AvgIpc) is 3.39. The van der Waals surface area contributed by atoms with Crippen molar-refractivity contribution in [2.45, 2.75) is 6.54 Å². The first-order valence-electron chi connectivity index (χ1n) is 8.18. The molecule has 0 unspecified atom stereocenters. The highest BCUT2D eigenvalue weighted by Crippen LogP contribution is 2.25. The Kier molecular flexibility index (Phi) is 5.00. The van der Waals surface area contributed by atoms with Gasteiger partial charge in [0.05, 0.1) is 6.54 Å². The topological polar surface area (TPSA) is 59.2 Å². The van der Waals surface area contributed by atoms with Gasteiger partial charge < -0.3 is 4.52 Å². The molecule has 0 atom stereocenters. The highest BCUT2D eigenvalue weighted by molar-refractivity contribution is 7.09. The van der Waals surface area contributed by atoms with Crippen LogP contribution in [-0.4, -0.2) is 16.0 Å². The lowest BCUT2D eigenvalue weighted by atomic mass is 10.1. The number of carbonyl (C=O) groups is 1. The zero-order chi connectivity index (χ0) is 18.6. The van der Waals surface area contributed by atoms with E-state index < -0.39 is 0 Å². The average molecular weight is 396 g/mol. The van der Waals surface area contributed by atoms with Crippen LogP contribution in [0.15, 0.2) is 76.8 Å². The number of hydrogen-bond acceptors (Lipinski definition) is 5. The summed E-state index contributed by atoms with van der Waals surface area (Å²) in [5.74, 6) is 0.796. The lowest BCUT2D eigenvalue weighted by Gasteiger charge is -2.19. The van der Waals surface area contributed by atoms with E-state index in [1.807, 2.05) is 41.8 Å². The van der Waals surface area contributed by atoms with Crippen molar-refractivity contribution in [3.05, 3.63) is 87.8 Å². The number of anilines is 1. The molecule has 134 valence electrons. The third kappa shape index (κ3) is 3.92. The van der Waals surface area contributed by atoms with Crippen molar-refractivity contribution in [2.75, 3.05) is 4.90 Å². The fourth-order valence-electron chi connectivity index (χ4n) is 2.59. The summed E-state index contributed by atoms with van der Waals surface area (Å²) in [5, 5.41) is 6.58. The molecule has 3 aromatic heterocycles. The highest BCUT2D eigenvalue weighted by atomic mass is 35.5. The van der Waals surface area contributed by atoms with Crippen LogP contribution in [0.1, 0.15) is 15.4 Å². The molecule has 4 rings (SSSR count). The van der Waals surface area contributed by atoms with Gasteiger partial charge in [0.2, 0.25) is 0 Å². The maximum absolute atomic E-state index is 13.1. The highest BCUT2D eigenvalue weighted by Gasteiger charge is 2.23. The van der Waals surface area contributed by atoms with Crippen LogP contribution < -0.4 is 4.90 Å². The number of halogens is 1. The van der Waals surface area contributed by atoms with Crippen LogP contribution in [0.25, 0.3) is 11.3 Å². The van der Waals surface area contributed by atoms with E-state index in [1.165, 1.54) is 0 Å². The first-order chi connectivity index (χ1) is 13.2. The molecular weight excluding hydrogens is 382 g/mol. The number of amides is 1. The second kappa shape index (κ2) is 7.73. The van der Waals surface area contributed by atoms with E-state index in [4.69, 9.17) is 16.1 Å². The van der Waals surface area contributed by atoms with Crippen LogP contribution in [0.4, 0.5) is 5.82 Å². The first-order valence-corrected chi connectivity index (χ1v) is 9.44. The molecule has 0 aliphatic carbocycles. The van der Waals surface area contributed by atoms with Gasteiger partial charge in [-0.05, 0) is 47.8 Å². The van der Waals surface area contributed by atoms with Gasteiger partial charge in [0, 0.05) is 27.7 Å². The van der Waals surface area contributed by atoms with Crippen molar-refractivity contribution in [1.29, 1.82) is 0 Å². The second-order valence-electron chi connectivity index (χ2n) is 5.74. The Bertz CT molecular complexity index is 1030. The molecular formula is C20H14ClN3O2S. The summed E-state index contributed by atoms with van der Waals surface area (Å²) in [6.07, 6.45) is 1.66. The Balaban J connectivity index is 1.64. The van der Waals surface area contributed by atoms with Gasteiger partial charge in [0.1, 0.15) is 5.82 Å². The fraction of sp³-hybridized carbons (Fsp3) is 0.0500. The molecule has 0 spiro atoms. The first kappa shape index (κ1) is 17.5. The van der Waals surface area contributed by atoms with E-state index >= 15 is 0 Å². The molecule has 0 aliphatic heterocycles. The quantitative estimate of drug-likeness (QED) is 0.460. The third-order valence-electron chi connectivity index (χ3n) is 3.92. The molecule has 1 amide bonds. The SMILES string of the molecule is O=C(c1cc(-c2ccc(Cl)cc2)on1)N(Cc1cccs1)c1ccccn1. The summed E-state index contributed by atoms with van der Waals surface area (Å²) < 4.78 is 5.37. The third-order valence-corrected chi connectivity index (χ3v) is 5.04. The number of hydrogen-bond donors (Lipinski definition) is 0. The van der Waals surface area contributed by atoms with Crippen LogP contribution in [0, 0.1) is 0 Å². The van der Waals surface area contributed by atoms with Gasteiger partial charge in [-0.1, -0.05) is 28.9 Å². The maximum Gasteiger partial charge on any atom is 0.281 e. The standard InChI is InChI=1S/C20H14ClN3O2S/c21-15-8-6-14(7-9-15)18-12-17(23-26-18)20(25)24(13-16-4-3-11-27-16)19-5-1-2-10-22-19/h1-12H,13H2. The molecule has 3 heterocycles. The molecule has 0 N–H and O–H groups in total. The van der Waals surface area contributed by atoms with E-state index in [-0.39, 0.29) is 11.6 Å². The van der Waals surface area contributed by atoms with Gasteiger partial charge in [-0.3, -0.25) is 9.69 Å². The molecule has 7 heteroatoms. The van der Waals surface area contributed by atoms with Crippen molar-refractivity contribution in [1.82, 2.24) is 10.1 Å². The largest absolute Gasteiger partial charge is 0.355 e. The summed E-state index contributed by atoms with van der Waals surface area (Å²) in [4.78, 5) is 20.1. The fourth-order valence-corrected chi connectivity index (χ4v) is 3.41. The van der Waals surface area contributed by atoms with Gasteiger partial charge >= 0.3 is 0 Å². The number of pyridine rings is 1. The lowest BCUT2D eigenvalue weighted by molar-refractivity contribution is 0.0976. The summed E-state index contributed by atoms with van der Waals surface area (Å²) in [6, 6.07) is 18.2. The van der Waals surface area contributed by atoms with Crippen LogP contribution in [0.2, 0.25) is 5.02 Å². The maximum atomic E-state index is 13.1. The number of thiophene rings is 1. The number of benzene rings is 1. The zero-order valence-corrected chi connectivity index (χ0v) is 15.7. The summed E-state index contributed by atoms with van der Waals surface area (Å²) in [6.45, 7) is 0.413. The van der Waals surface area contributed by atoms with Gasteiger partial charge in [0.15, 0.2) is 11.5 Å². The molecule has 27 heavy (non-hydrogen) atoms. The van der Waals surface area contributed by atoms with Crippen molar-refractivity contribution in [3.63, 3.8) is 0 Å². The molecule has 4 aromatic rings. The Labute approximate surface area is 164 Å². The minimum Gasteiger partial charge on any atom is -0.355 e. The lowest BCUT2D eigenvalue weighted by Crippen LogP contribution is -2.31. The zero-order valence-electron chi connectivity index (χ0n) is 14.1. The summed E-state index contributed by atoms with van der Waals surface area (Å²) >= 11 is 7.50. The van der Waals surface area contributed by atoms with Crippen molar-refractivity contribution >= 4 is 34.7 Å². The molecule has 0 bridgehead atoms. The summed E-state index contributed by atoms with van der Waals surface area (Å²) in [5.41, 5.74) is 1.02. The van der Waals surface area contributed by atoms with Gasteiger partial charge in [-0.15, -0.1) is 11.3 Å². The van der Waals surface area contributed by atoms with Crippen molar-refractivity contribution in [3.8, 4) is 11.3 Å². The Morgan fingerprint density at radius 3 is 2.67 bits per heavy atom. The Hall–Kier alpha value is -2.96. The Morgan fingerprint density at radius 2 is 1.96 bits per heavy atom. The van der Waals surface area contributed by atoms with E-state index in [0.29, 0.717) is 23.1 Å². The summed E-state index contributed by atoms with van der Waals surface area (Å²) in [7, 11) is 0. The van der Waals surface area contributed by atoms with Crippen LogP contribution in [0.5, 0.6) is 0 Å². The van der Waals surface area contributed by atoms with Crippen molar-refractivity contribution < 1.29 is 9.32 Å². The minimum absolute atomic E-state index is 0.224. The molecule has 5 nitrogen and oxygen atoms in total. The normalized spacial score (nSPS) is 10.7. The molecule has 0 saturated carbocycles. The molecule has 1 aromatic carbocycles. The van der Waals surface area contributed by atoms with E-state index in [0.717, 1.165) is 10.4 Å². The Morgan fingerprint density at radius 1 is 1.11 bits per heavy atom. The predicted molar refractivity (Wildman–Crippen MR) is 106 cm³/mol. The molecule has 0 aliphatic rings. The number of nitrogens with zero attached hydrogens (tertiary/aromatic N) is 3. The van der Waals surface area contributed by atoms with Crippen LogP contribution >= 0.6 is 22.9 Å². The molecule has 0 fully saturated rings. The smallest absolute Gasteiger partial charge is 0.281 e. The minimum atomic E-state index is -0.272. The number of rotatable bonds is 5. The number of aromatic nitrogens is 2. The van der Waals surface area contributed by atoms with Gasteiger partial charge in [0.25, 0.3) is 5.91 Å². The van der Waals surface area contributed by atoms with Gasteiger partial charge in [-0.25, -0.2) is 4.98 Å². The van der Waals surface area contributed by atoms with Crippen LogP contribution in [-0.2, 0) is 6.54 Å². The van der Waals surface area contributed by atoms with Crippen molar-refractivity contribution in [2.24, 2.45) is 0 Å². The monoisotopic (exact) mass is 395 g/mol. The van der Waals surface area contributed by atoms with Gasteiger partial charge in [-0.2, -0.15) is 0 Å². The second-order valence-corrected chi connectivity index (χ2v) is 7.21. The molecule has 0 radical (unpaired) electrons. The van der Waals surface area contributed by atoms with Crippen LogP contribution in [0.3, 0.4) is 0 Å². The number of carbonyl (C=O) groups excluding carboxylic acids is 1. The van der Waals surface area contributed by atoms with E-state index in [2.05, 4.69) is 10.1 Å². The molecule has 0 saturated heterocycles.